The predicted octanol–water partition coefficient (Wildman–Crippen LogP) is 5.14. The molecule has 0 spiro atoms. The average molecular weight is 375 g/mol. The van der Waals surface area contributed by atoms with Crippen molar-refractivity contribution < 1.29 is 4.74 Å². The fourth-order valence-electron chi connectivity index (χ4n) is 2.03. The number of rotatable bonds is 5. The number of benzene rings is 2. The molecule has 5 heteroatoms. The first-order valence-electron chi connectivity index (χ1n) is 6.81. The Kier molecular flexibility index (Phi) is 4.85. The van der Waals surface area contributed by atoms with E-state index in [1.807, 2.05) is 30.5 Å². The van der Waals surface area contributed by atoms with E-state index in [1.54, 1.807) is 18.9 Å². The highest BCUT2D eigenvalue weighted by Gasteiger charge is 2.05. The van der Waals surface area contributed by atoms with Crippen LogP contribution in [0.5, 0.6) is 5.75 Å². The van der Waals surface area contributed by atoms with Gasteiger partial charge in [0.25, 0.3) is 0 Å². The summed E-state index contributed by atoms with van der Waals surface area (Å²) in [6.45, 7) is 0. The van der Waals surface area contributed by atoms with E-state index in [1.165, 1.54) is 5.56 Å². The van der Waals surface area contributed by atoms with Gasteiger partial charge in [-0.1, -0.05) is 39.8 Å². The summed E-state index contributed by atoms with van der Waals surface area (Å²) < 4.78 is 6.27. The van der Waals surface area contributed by atoms with Gasteiger partial charge in [-0.2, -0.15) is 0 Å². The number of nitrogens with one attached hydrogen (secondary N) is 1. The smallest absolute Gasteiger partial charge is 0.166 e. The van der Waals surface area contributed by atoms with Gasteiger partial charge in [0.2, 0.25) is 0 Å². The Morgan fingerprint density at radius 3 is 2.50 bits per heavy atom. The van der Waals surface area contributed by atoms with E-state index in [9.17, 15) is 0 Å². The number of nitrogens with zero attached hydrogens (tertiary/aromatic N) is 1. The van der Waals surface area contributed by atoms with E-state index in [4.69, 9.17) is 4.74 Å². The van der Waals surface area contributed by atoms with Crippen molar-refractivity contribution in [3.63, 3.8) is 0 Å². The Bertz CT molecular complexity index is 738. The number of ether oxygens (including phenoxy) is 1. The van der Waals surface area contributed by atoms with Crippen LogP contribution in [0.15, 0.2) is 64.4 Å². The summed E-state index contributed by atoms with van der Waals surface area (Å²) >= 11 is 5.14. The molecule has 2 aromatic carbocycles. The lowest BCUT2D eigenvalue weighted by Gasteiger charge is -2.01. The third-order valence-electron chi connectivity index (χ3n) is 3.24. The number of thioether (sulfide) groups is 1. The monoisotopic (exact) mass is 374 g/mol. The van der Waals surface area contributed by atoms with Crippen molar-refractivity contribution in [1.29, 1.82) is 0 Å². The van der Waals surface area contributed by atoms with Crippen LogP contribution < -0.4 is 4.74 Å². The van der Waals surface area contributed by atoms with E-state index >= 15 is 0 Å². The van der Waals surface area contributed by atoms with Crippen LogP contribution >= 0.6 is 27.7 Å². The zero-order chi connectivity index (χ0) is 15.4. The van der Waals surface area contributed by atoms with Gasteiger partial charge in [0.15, 0.2) is 5.16 Å². The van der Waals surface area contributed by atoms with Crippen molar-refractivity contribution >= 4 is 27.7 Å². The van der Waals surface area contributed by atoms with Gasteiger partial charge >= 0.3 is 0 Å². The van der Waals surface area contributed by atoms with E-state index in [2.05, 4.69) is 50.2 Å². The van der Waals surface area contributed by atoms with Gasteiger partial charge in [-0.25, -0.2) is 4.98 Å². The van der Waals surface area contributed by atoms with Crippen molar-refractivity contribution in [3.05, 3.63) is 64.8 Å². The normalized spacial score (nSPS) is 10.6. The maximum absolute atomic E-state index is 5.17. The van der Waals surface area contributed by atoms with Crippen molar-refractivity contribution in [2.75, 3.05) is 7.11 Å². The lowest BCUT2D eigenvalue weighted by Crippen LogP contribution is -1.83. The van der Waals surface area contributed by atoms with Gasteiger partial charge in [0.05, 0.1) is 19.0 Å². The fourth-order valence-corrected chi connectivity index (χ4v) is 3.10. The number of imidazole rings is 1. The Morgan fingerprint density at radius 1 is 1.09 bits per heavy atom. The number of H-pyrrole nitrogens is 1. The van der Waals surface area contributed by atoms with Crippen LogP contribution in [0, 0.1) is 0 Å². The quantitative estimate of drug-likeness (QED) is 0.628. The van der Waals surface area contributed by atoms with E-state index in [-0.39, 0.29) is 0 Å². The molecule has 0 fully saturated rings. The molecule has 0 atom stereocenters. The molecule has 0 radical (unpaired) electrons. The van der Waals surface area contributed by atoms with Crippen LogP contribution in [0.2, 0.25) is 0 Å². The van der Waals surface area contributed by atoms with Crippen molar-refractivity contribution in [3.8, 4) is 17.0 Å². The van der Waals surface area contributed by atoms with E-state index in [0.29, 0.717) is 0 Å². The Balaban J connectivity index is 1.66. The molecule has 1 aromatic heterocycles. The number of halogens is 1. The second-order valence-electron chi connectivity index (χ2n) is 4.75. The van der Waals surface area contributed by atoms with Gasteiger partial charge < -0.3 is 9.72 Å². The fraction of sp³-hybridized carbons (Fsp3) is 0.118. The summed E-state index contributed by atoms with van der Waals surface area (Å²) in [5.41, 5.74) is 3.39. The maximum Gasteiger partial charge on any atom is 0.166 e. The van der Waals surface area contributed by atoms with Crippen LogP contribution in [-0.2, 0) is 5.75 Å². The molecule has 22 heavy (non-hydrogen) atoms. The van der Waals surface area contributed by atoms with Gasteiger partial charge in [0, 0.05) is 10.2 Å². The molecule has 0 aliphatic rings. The van der Waals surface area contributed by atoms with Crippen molar-refractivity contribution in [1.82, 2.24) is 9.97 Å². The minimum atomic E-state index is 0.855. The highest BCUT2D eigenvalue weighted by atomic mass is 79.9. The molecule has 1 N–H and O–H groups in total. The highest BCUT2D eigenvalue weighted by molar-refractivity contribution is 9.10. The minimum Gasteiger partial charge on any atom is -0.497 e. The number of hydrogen-bond donors (Lipinski definition) is 1. The van der Waals surface area contributed by atoms with Crippen LogP contribution in [0.4, 0.5) is 0 Å². The Labute approximate surface area is 142 Å². The van der Waals surface area contributed by atoms with Gasteiger partial charge in [0.1, 0.15) is 5.75 Å². The standard InChI is InChI=1S/C17H15BrN2OS/c1-21-15-8-4-13(5-9-15)16-10-19-17(20-16)22-11-12-2-6-14(18)7-3-12/h2-10H,11H2,1H3,(H,19,20). The summed E-state index contributed by atoms with van der Waals surface area (Å²) in [5.74, 6) is 1.75. The Morgan fingerprint density at radius 2 is 1.82 bits per heavy atom. The molecule has 0 saturated carbocycles. The number of methoxy groups -OCH3 is 1. The van der Waals surface area contributed by atoms with Gasteiger partial charge in [-0.3, -0.25) is 0 Å². The summed E-state index contributed by atoms with van der Waals surface area (Å²) in [6.07, 6.45) is 1.87. The number of hydrogen-bond acceptors (Lipinski definition) is 3. The average Bonchev–Trinajstić information content (AvgIpc) is 3.03. The maximum atomic E-state index is 5.17. The zero-order valence-electron chi connectivity index (χ0n) is 12.0. The lowest BCUT2D eigenvalue weighted by atomic mass is 10.2. The highest BCUT2D eigenvalue weighted by Crippen LogP contribution is 2.25. The number of aromatic amines is 1. The Hall–Kier alpha value is -1.72. The predicted molar refractivity (Wildman–Crippen MR) is 94.3 cm³/mol. The molecule has 0 unspecified atom stereocenters. The third-order valence-corrected chi connectivity index (χ3v) is 4.73. The van der Waals surface area contributed by atoms with Crippen LogP contribution in [0.1, 0.15) is 5.56 Å². The molecule has 3 aromatic rings. The van der Waals surface area contributed by atoms with Crippen molar-refractivity contribution in [2.24, 2.45) is 0 Å². The van der Waals surface area contributed by atoms with Crippen molar-refractivity contribution in [2.45, 2.75) is 10.9 Å². The molecular formula is C17H15BrN2OS. The molecule has 0 saturated heterocycles. The zero-order valence-corrected chi connectivity index (χ0v) is 14.4. The molecule has 3 nitrogen and oxygen atoms in total. The molecule has 0 aliphatic heterocycles. The second kappa shape index (κ2) is 7.03. The molecular weight excluding hydrogens is 360 g/mol. The van der Waals surface area contributed by atoms with Crippen LogP contribution in [0.25, 0.3) is 11.3 Å². The summed E-state index contributed by atoms with van der Waals surface area (Å²) in [5, 5.41) is 0.925. The SMILES string of the molecule is COc1ccc(-c2cnc(SCc3ccc(Br)cc3)[nH]2)cc1. The second-order valence-corrected chi connectivity index (χ2v) is 6.63. The van der Waals surface area contributed by atoms with Crippen LogP contribution in [-0.4, -0.2) is 17.1 Å². The van der Waals surface area contributed by atoms with Gasteiger partial charge in [-0.15, -0.1) is 0 Å². The topological polar surface area (TPSA) is 37.9 Å². The molecule has 112 valence electrons. The first-order valence-corrected chi connectivity index (χ1v) is 8.59. The van der Waals surface area contributed by atoms with E-state index < -0.39 is 0 Å². The lowest BCUT2D eigenvalue weighted by molar-refractivity contribution is 0.415. The molecule has 0 amide bonds. The molecule has 0 aliphatic carbocycles. The third kappa shape index (κ3) is 3.72. The first-order chi connectivity index (χ1) is 10.7. The molecule has 1 heterocycles. The minimum absolute atomic E-state index is 0.855. The summed E-state index contributed by atoms with van der Waals surface area (Å²) in [7, 11) is 1.67. The van der Waals surface area contributed by atoms with Crippen LogP contribution in [0.3, 0.4) is 0 Å². The van der Waals surface area contributed by atoms with E-state index in [0.717, 1.165) is 32.4 Å². The summed E-state index contributed by atoms with van der Waals surface area (Å²) in [6, 6.07) is 16.3. The molecule has 0 bridgehead atoms. The van der Waals surface area contributed by atoms with Gasteiger partial charge in [-0.05, 0) is 47.5 Å². The largest absolute Gasteiger partial charge is 0.497 e. The summed E-state index contributed by atoms with van der Waals surface area (Å²) in [4.78, 5) is 7.79. The first kappa shape index (κ1) is 15.2. The molecule has 3 rings (SSSR count). The number of aromatic nitrogens is 2.